The molecule has 1 aliphatic rings. The second-order valence-electron chi connectivity index (χ2n) is 9.05. The second kappa shape index (κ2) is 10.1. The van der Waals surface area contributed by atoms with Gasteiger partial charge in [-0.25, -0.2) is 14.8 Å². The number of carbonyl (C=O) groups is 1. The fourth-order valence-corrected chi connectivity index (χ4v) is 4.10. The maximum Gasteiger partial charge on any atom is 0.341 e. The highest BCUT2D eigenvalue weighted by atomic mass is 16.5. The van der Waals surface area contributed by atoms with Crippen molar-refractivity contribution in [3.05, 3.63) is 83.6 Å². The van der Waals surface area contributed by atoms with Crippen LogP contribution in [-0.4, -0.2) is 42.7 Å². The lowest BCUT2D eigenvalue weighted by Gasteiger charge is -2.25. The lowest BCUT2D eigenvalue weighted by molar-refractivity contribution is 0.0601. The molecule has 4 rings (SSSR count). The molecule has 176 valence electrons. The van der Waals surface area contributed by atoms with E-state index in [-0.39, 0.29) is 11.5 Å². The van der Waals surface area contributed by atoms with Gasteiger partial charge in [0.05, 0.1) is 12.6 Å². The van der Waals surface area contributed by atoms with Gasteiger partial charge in [-0.3, -0.25) is 0 Å². The fourth-order valence-electron chi connectivity index (χ4n) is 4.10. The van der Waals surface area contributed by atoms with Crippen molar-refractivity contribution in [2.75, 3.05) is 25.2 Å². The third-order valence-electron chi connectivity index (χ3n) is 5.75. The number of aromatic nitrogens is 1. The van der Waals surface area contributed by atoms with E-state index in [1.165, 1.54) is 7.11 Å². The van der Waals surface area contributed by atoms with Gasteiger partial charge >= 0.3 is 5.97 Å². The minimum absolute atomic E-state index is 0.205. The Hall–Kier alpha value is -3.67. The Labute approximate surface area is 201 Å². The standard InChI is InChI=1S/C28H31N3O3/c1-5-17-31(25-24(27(32)33-4)11-8-16-29-25)18-20-12-14-21(15-13-20)22-9-6-7-10-23(22)26-30-28(2,3)19-34-26/h6-16H,5,17-19H2,1-4H3. The van der Waals surface area contributed by atoms with Crippen molar-refractivity contribution in [1.29, 1.82) is 0 Å². The Morgan fingerprint density at radius 2 is 1.79 bits per heavy atom. The molecule has 0 unspecified atom stereocenters. The van der Waals surface area contributed by atoms with Gasteiger partial charge < -0.3 is 14.4 Å². The van der Waals surface area contributed by atoms with Gasteiger partial charge in [-0.2, -0.15) is 0 Å². The number of anilines is 1. The number of esters is 1. The quantitative estimate of drug-likeness (QED) is 0.418. The molecule has 0 amide bonds. The Balaban J connectivity index is 1.60. The van der Waals surface area contributed by atoms with E-state index in [9.17, 15) is 4.79 Å². The van der Waals surface area contributed by atoms with Gasteiger partial charge in [0.15, 0.2) is 0 Å². The molecule has 1 aliphatic heterocycles. The minimum Gasteiger partial charge on any atom is -0.475 e. The third kappa shape index (κ3) is 5.11. The molecule has 0 spiro atoms. The highest BCUT2D eigenvalue weighted by Gasteiger charge is 2.28. The van der Waals surface area contributed by atoms with Crippen LogP contribution in [0.25, 0.3) is 11.1 Å². The summed E-state index contributed by atoms with van der Waals surface area (Å²) < 4.78 is 10.9. The summed E-state index contributed by atoms with van der Waals surface area (Å²) in [7, 11) is 1.39. The molecular weight excluding hydrogens is 426 g/mol. The molecule has 0 bridgehead atoms. The largest absolute Gasteiger partial charge is 0.475 e. The number of aliphatic imine (C=N–C) groups is 1. The van der Waals surface area contributed by atoms with Gasteiger partial charge in [-0.05, 0) is 55.2 Å². The fraction of sp³-hybridized carbons (Fsp3) is 0.321. The lowest BCUT2D eigenvalue weighted by atomic mass is 9.98. The smallest absolute Gasteiger partial charge is 0.341 e. The topological polar surface area (TPSA) is 64.0 Å². The molecule has 0 N–H and O–H groups in total. The van der Waals surface area contributed by atoms with E-state index < -0.39 is 0 Å². The van der Waals surface area contributed by atoms with Crippen LogP contribution in [0.15, 0.2) is 71.9 Å². The number of methoxy groups -OCH3 is 1. The molecule has 0 atom stereocenters. The van der Waals surface area contributed by atoms with Crippen LogP contribution in [-0.2, 0) is 16.0 Å². The molecule has 34 heavy (non-hydrogen) atoms. The summed E-state index contributed by atoms with van der Waals surface area (Å²) in [6, 6.07) is 20.2. The van der Waals surface area contributed by atoms with E-state index in [0.717, 1.165) is 35.2 Å². The number of hydrogen-bond donors (Lipinski definition) is 0. The summed E-state index contributed by atoms with van der Waals surface area (Å²) in [6.45, 7) is 8.27. The maximum atomic E-state index is 12.3. The zero-order valence-corrected chi connectivity index (χ0v) is 20.2. The average Bonchev–Trinajstić information content (AvgIpc) is 3.23. The maximum absolute atomic E-state index is 12.3. The molecule has 6 heteroatoms. The Morgan fingerprint density at radius 1 is 1.06 bits per heavy atom. The number of carbonyl (C=O) groups excluding carboxylic acids is 1. The van der Waals surface area contributed by atoms with Gasteiger partial charge in [-0.1, -0.05) is 49.4 Å². The molecule has 2 heterocycles. The molecule has 1 aromatic heterocycles. The first-order valence-electron chi connectivity index (χ1n) is 11.6. The summed E-state index contributed by atoms with van der Waals surface area (Å²) >= 11 is 0. The highest BCUT2D eigenvalue weighted by molar-refractivity contribution is 6.01. The monoisotopic (exact) mass is 457 g/mol. The zero-order chi connectivity index (χ0) is 24.1. The molecule has 3 aromatic rings. The van der Waals surface area contributed by atoms with Crippen LogP contribution in [0.2, 0.25) is 0 Å². The number of pyridine rings is 1. The van der Waals surface area contributed by atoms with Crippen molar-refractivity contribution in [2.45, 2.75) is 39.3 Å². The Kier molecular flexibility index (Phi) is 6.96. The van der Waals surface area contributed by atoms with Crippen LogP contribution in [0.1, 0.15) is 48.7 Å². The Bertz CT molecular complexity index is 1190. The predicted molar refractivity (Wildman–Crippen MR) is 135 cm³/mol. The van der Waals surface area contributed by atoms with E-state index in [2.05, 4.69) is 67.1 Å². The van der Waals surface area contributed by atoms with Crippen molar-refractivity contribution in [1.82, 2.24) is 4.98 Å². The summed E-state index contributed by atoms with van der Waals surface area (Å²) in [5.74, 6) is 0.963. The highest BCUT2D eigenvalue weighted by Crippen LogP contribution is 2.29. The van der Waals surface area contributed by atoms with E-state index >= 15 is 0 Å². The third-order valence-corrected chi connectivity index (χ3v) is 5.75. The van der Waals surface area contributed by atoms with Crippen LogP contribution in [0.5, 0.6) is 0 Å². The van der Waals surface area contributed by atoms with Crippen molar-refractivity contribution in [3.63, 3.8) is 0 Å². The SMILES string of the molecule is CCCN(Cc1ccc(-c2ccccc2C2=NC(C)(C)CO2)cc1)c1ncccc1C(=O)OC. The van der Waals surface area contributed by atoms with Crippen LogP contribution in [0, 0.1) is 0 Å². The number of hydrogen-bond acceptors (Lipinski definition) is 6. The molecule has 0 radical (unpaired) electrons. The minimum atomic E-state index is -0.378. The number of ether oxygens (including phenoxy) is 2. The normalized spacial score (nSPS) is 14.3. The molecule has 6 nitrogen and oxygen atoms in total. The van der Waals surface area contributed by atoms with Crippen LogP contribution < -0.4 is 4.90 Å². The predicted octanol–water partition coefficient (Wildman–Crippen LogP) is 5.51. The number of rotatable bonds is 8. The van der Waals surface area contributed by atoms with Gasteiger partial charge in [0, 0.05) is 24.8 Å². The first kappa shape index (κ1) is 23.5. The van der Waals surface area contributed by atoms with Crippen LogP contribution in [0.4, 0.5) is 5.82 Å². The first-order valence-corrected chi connectivity index (χ1v) is 11.6. The molecular formula is C28H31N3O3. The Morgan fingerprint density at radius 3 is 2.44 bits per heavy atom. The van der Waals surface area contributed by atoms with Gasteiger partial charge in [0.1, 0.15) is 18.0 Å². The van der Waals surface area contributed by atoms with Gasteiger partial charge in [-0.15, -0.1) is 0 Å². The van der Waals surface area contributed by atoms with E-state index in [4.69, 9.17) is 14.5 Å². The van der Waals surface area contributed by atoms with E-state index in [1.807, 2.05) is 12.1 Å². The summed E-state index contributed by atoms with van der Waals surface area (Å²) in [5, 5.41) is 0. The summed E-state index contributed by atoms with van der Waals surface area (Å²) in [4.78, 5) is 23.6. The molecule has 2 aromatic carbocycles. The van der Waals surface area contributed by atoms with Gasteiger partial charge in [0.2, 0.25) is 5.90 Å². The van der Waals surface area contributed by atoms with E-state index in [1.54, 1.807) is 18.3 Å². The molecule has 0 fully saturated rings. The van der Waals surface area contributed by atoms with Crippen molar-refractivity contribution >= 4 is 17.7 Å². The molecule has 0 saturated heterocycles. The lowest BCUT2D eigenvalue weighted by Crippen LogP contribution is -2.26. The van der Waals surface area contributed by atoms with E-state index in [0.29, 0.717) is 30.4 Å². The second-order valence-corrected chi connectivity index (χ2v) is 9.05. The van der Waals surface area contributed by atoms with Crippen LogP contribution in [0.3, 0.4) is 0 Å². The van der Waals surface area contributed by atoms with Crippen molar-refractivity contribution < 1.29 is 14.3 Å². The number of benzene rings is 2. The van der Waals surface area contributed by atoms with Gasteiger partial charge in [0.25, 0.3) is 0 Å². The summed E-state index contributed by atoms with van der Waals surface area (Å²) in [5.41, 5.74) is 4.60. The van der Waals surface area contributed by atoms with Crippen LogP contribution >= 0.6 is 0 Å². The van der Waals surface area contributed by atoms with Crippen molar-refractivity contribution in [2.24, 2.45) is 4.99 Å². The average molecular weight is 458 g/mol. The first-order chi connectivity index (χ1) is 16.4. The molecule has 0 saturated carbocycles. The zero-order valence-electron chi connectivity index (χ0n) is 20.2. The molecule has 0 aliphatic carbocycles. The van der Waals surface area contributed by atoms with Crippen molar-refractivity contribution in [3.8, 4) is 11.1 Å². The number of nitrogens with zero attached hydrogens (tertiary/aromatic N) is 3. The summed E-state index contributed by atoms with van der Waals surface area (Å²) in [6.07, 6.45) is 2.64.